The molecule has 1 saturated heterocycles. The van der Waals surface area contributed by atoms with Gasteiger partial charge in [0.25, 0.3) is 5.91 Å². The smallest absolute Gasteiger partial charge is 0.421 e. The lowest BCUT2D eigenvalue weighted by molar-refractivity contribution is -0.142. The molecule has 7 heteroatoms. The van der Waals surface area contributed by atoms with E-state index in [1.807, 2.05) is 30.3 Å². The molecule has 1 aliphatic heterocycles. The van der Waals surface area contributed by atoms with E-state index in [1.54, 1.807) is 24.8 Å². The maximum Gasteiger partial charge on any atom is 0.421 e. The van der Waals surface area contributed by atoms with Gasteiger partial charge in [0.05, 0.1) is 11.6 Å². The van der Waals surface area contributed by atoms with Crippen LogP contribution < -0.4 is 4.74 Å². The summed E-state index contributed by atoms with van der Waals surface area (Å²) in [4.78, 5) is 14.5. The van der Waals surface area contributed by atoms with Gasteiger partial charge in [-0.1, -0.05) is 50.2 Å². The highest BCUT2D eigenvalue weighted by Crippen LogP contribution is 2.41. The first kappa shape index (κ1) is 19.7. The van der Waals surface area contributed by atoms with Crippen molar-refractivity contribution in [1.29, 1.82) is 5.26 Å². The largest absolute Gasteiger partial charge is 0.479 e. The van der Waals surface area contributed by atoms with Gasteiger partial charge in [-0.05, 0) is 17.7 Å². The van der Waals surface area contributed by atoms with Crippen molar-refractivity contribution in [2.75, 3.05) is 6.54 Å². The average Bonchev–Trinajstić information content (AvgIpc) is 2.84. The molecule has 0 bridgehead atoms. The number of likely N-dealkylation sites (tertiary alicyclic amines) is 1. The van der Waals surface area contributed by atoms with Crippen LogP contribution in [0.25, 0.3) is 0 Å². The second-order valence-corrected chi connectivity index (χ2v) is 7.45. The van der Waals surface area contributed by atoms with Crippen LogP contribution in [-0.4, -0.2) is 23.5 Å². The van der Waals surface area contributed by atoms with Crippen LogP contribution in [0.2, 0.25) is 0 Å². The summed E-state index contributed by atoms with van der Waals surface area (Å²) in [5.41, 5.74) is -1.45. The highest BCUT2D eigenvalue weighted by Gasteiger charge is 2.49. The second kappa shape index (κ2) is 7.19. The lowest BCUT2D eigenvalue weighted by Gasteiger charge is -2.26. The number of benzene rings is 2. The molecule has 2 aromatic carbocycles. The molecule has 3 rings (SSSR count). The molecule has 1 aliphatic rings. The van der Waals surface area contributed by atoms with Gasteiger partial charge >= 0.3 is 6.18 Å². The summed E-state index contributed by atoms with van der Waals surface area (Å²) in [6, 6.07) is 14.4. The maximum absolute atomic E-state index is 13.5. The van der Waals surface area contributed by atoms with E-state index in [1.165, 1.54) is 6.07 Å². The Hall–Kier alpha value is -3.01. The van der Waals surface area contributed by atoms with E-state index in [-0.39, 0.29) is 5.91 Å². The molecule has 28 heavy (non-hydrogen) atoms. The maximum atomic E-state index is 13.5. The Labute approximate surface area is 161 Å². The van der Waals surface area contributed by atoms with Crippen molar-refractivity contribution in [3.63, 3.8) is 0 Å². The van der Waals surface area contributed by atoms with Gasteiger partial charge in [0.1, 0.15) is 11.3 Å². The van der Waals surface area contributed by atoms with Gasteiger partial charge in [0.15, 0.2) is 6.10 Å². The standard InChI is InChI=1S/C21H19F3N2O2/c1-20(2)13-26(12-14-7-4-3-5-8-14)19(27)18(20)28-16-10-6-9-15(11-25)17(16)21(22,23)24/h3-10,18H,12-13H2,1-2H3. The van der Waals surface area contributed by atoms with Crippen LogP contribution >= 0.6 is 0 Å². The van der Waals surface area contributed by atoms with Gasteiger partial charge in [-0.3, -0.25) is 4.79 Å². The zero-order valence-electron chi connectivity index (χ0n) is 15.5. The minimum Gasteiger partial charge on any atom is -0.479 e. The van der Waals surface area contributed by atoms with E-state index < -0.39 is 34.6 Å². The van der Waals surface area contributed by atoms with Crippen LogP contribution in [-0.2, 0) is 17.5 Å². The molecule has 1 atom stereocenters. The Bertz CT molecular complexity index is 917. The summed E-state index contributed by atoms with van der Waals surface area (Å²) in [5, 5.41) is 9.05. The first-order valence-corrected chi connectivity index (χ1v) is 8.73. The van der Waals surface area contributed by atoms with E-state index >= 15 is 0 Å². The monoisotopic (exact) mass is 388 g/mol. The molecule has 146 valence electrons. The molecule has 1 heterocycles. The van der Waals surface area contributed by atoms with Crippen molar-refractivity contribution >= 4 is 5.91 Å². The number of hydrogen-bond donors (Lipinski definition) is 0. The highest BCUT2D eigenvalue weighted by atomic mass is 19.4. The number of hydrogen-bond acceptors (Lipinski definition) is 3. The Morgan fingerprint density at radius 2 is 1.86 bits per heavy atom. The van der Waals surface area contributed by atoms with Gasteiger partial charge in [-0.15, -0.1) is 0 Å². The van der Waals surface area contributed by atoms with Crippen molar-refractivity contribution in [1.82, 2.24) is 4.90 Å². The van der Waals surface area contributed by atoms with Crippen molar-refractivity contribution in [3.05, 3.63) is 65.2 Å². The number of amides is 1. The molecule has 0 saturated carbocycles. The van der Waals surface area contributed by atoms with Crippen molar-refractivity contribution in [2.45, 2.75) is 32.7 Å². The summed E-state index contributed by atoms with van der Waals surface area (Å²) in [7, 11) is 0. The SMILES string of the molecule is CC1(C)CN(Cc2ccccc2)C(=O)C1Oc1cccc(C#N)c1C(F)(F)F. The third-order valence-corrected chi connectivity index (χ3v) is 4.74. The third-order valence-electron chi connectivity index (χ3n) is 4.74. The molecule has 0 radical (unpaired) electrons. The second-order valence-electron chi connectivity index (χ2n) is 7.45. The van der Waals surface area contributed by atoms with Crippen molar-refractivity contribution in [3.8, 4) is 11.8 Å². The first-order valence-electron chi connectivity index (χ1n) is 8.73. The molecular formula is C21H19F3N2O2. The quantitative estimate of drug-likeness (QED) is 0.781. The minimum absolute atomic E-state index is 0.352. The molecule has 1 fully saturated rings. The number of halogens is 3. The van der Waals surface area contributed by atoms with Gasteiger partial charge in [-0.2, -0.15) is 18.4 Å². The molecule has 4 nitrogen and oxygen atoms in total. The number of alkyl halides is 3. The van der Waals surface area contributed by atoms with Crippen molar-refractivity contribution < 1.29 is 22.7 Å². The van der Waals surface area contributed by atoms with E-state index in [2.05, 4.69) is 0 Å². The molecule has 2 aromatic rings. The fraction of sp³-hybridized carbons (Fsp3) is 0.333. The number of nitrogens with zero attached hydrogens (tertiary/aromatic N) is 2. The summed E-state index contributed by atoms with van der Waals surface area (Å²) < 4.78 is 46.1. The van der Waals surface area contributed by atoms with Crippen LogP contribution in [0.3, 0.4) is 0 Å². The molecule has 1 amide bonds. The molecule has 0 N–H and O–H groups in total. The third kappa shape index (κ3) is 3.81. The van der Waals surface area contributed by atoms with Gasteiger partial charge in [0.2, 0.25) is 0 Å². The molecular weight excluding hydrogens is 369 g/mol. The fourth-order valence-corrected chi connectivity index (χ4v) is 3.44. The predicted molar refractivity (Wildman–Crippen MR) is 96.2 cm³/mol. The van der Waals surface area contributed by atoms with Gasteiger partial charge < -0.3 is 9.64 Å². The van der Waals surface area contributed by atoms with Crippen molar-refractivity contribution in [2.24, 2.45) is 5.41 Å². The molecule has 1 unspecified atom stereocenters. The lowest BCUT2D eigenvalue weighted by atomic mass is 9.89. The number of nitriles is 1. The van der Waals surface area contributed by atoms with E-state index in [0.717, 1.165) is 17.7 Å². The average molecular weight is 388 g/mol. The van der Waals surface area contributed by atoms with E-state index in [0.29, 0.717) is 13.1 Å². The zero-order valence-corrected chi connectivity index (χ0v) is 15.5. The van der Waals surface area contributed by atoms with Gasteiger partial charge in [-0.25, -0.2) is 0 Å². The lowest BCUT2D eigenvalue weighted by Crippen LogP contribution is -2.37. The van der Waals surface area contributed by atoms with Crippen LogP contribution in [0.1, 0.15) is 30.5 Å². The number of ether oxygens (including phenoxy) is 1. The topological polar surface area (TPSA) is 53.3 Å². The minimum atomic E-state index is -4.77. The zero-order chi connectivity index (χ0) is 20.5. The number of carbonyl (C=O) groups is 1. The van der Waals surface area contributed by atoms with Gasteiger partial charge in [0, 0.05) is 18.5 Å². The number of carbonyl (C=O) groups excluding carboxylic acids is 1. The Morgan fingerprint density at radius 1 is 1.18 bits per heavy atom. The fourth-order valence-electron chi connectivity index (χ4n) is 3.44. The van der Waals surface area contributed by atoms with Crippen LogP contribution in [0, 0.1) is 16.7 Å². The molecule has 0 spiro atoms. The summed E-state index contributed by atoms with van der Waals surface area (Å²) in [6.07, 6.45) is -5.84. The predicted octanol–water partition coefficient (Wildman–Crippen LogP) is 4.39. The summed E-state index contributed by atoms with van der Waals surface area (Å²) >= 11 is 0. The molecule has 0 aromatic heterocycles. The Kier molecular flexibility index (Phi) is 5.07. The van der Waals surface area contributed by atoms with E-state index in [4.69, 9.17) is 10.00 Å². The Morgan fingerprint density at radius 3 is 2.46 bits per heavy atom. The van der Waals surface area contributed by atoms with Crippen LogP contribution in [0.5, 0.6) is 5.75 Å². The number of rotatable bonds is 4. The summed E-state index contributed by atoms with van der Waals surface area (Å²) in [6.45, 7) is 4.27. The first-order chi connectivity index (χ1) is 13.1. The molecule has 0 aliphatic carbocycles. The highest BCUT2D eigenvalue weighted by molar-refractivity contribution is 5.84. The normalized spacial score (nSPS) is 18.8. The summed E-state index contributed by atoms with van der Waals surface area (Å²) in [5.74, 6) is -0.871. The van der Waals surface area contributed by atoms with Crippen LogP contribution in [0.4, 0.5) is 13.2 Å². The Balaban J connectivity index is 1.90. The van der Waals surface area contributed by atoms with Crippen LogP contribution in [0.15, 0.2) is 48.5 Å². The van der Waals surface area contributed by atoms with E-state index in [9.17, 15) is 18.0 Å².